The normalized spacial score (nSPS) is 14.1. The number of nitrogens with zero attached hydrogens (tertiary/aromatic N) is 1. The zero-order valence-corrected chi connectivity index (χ0v) is 10.6. The molecule has 2 heterocycles. The standard InChI is InChI=1S/C18H13NO/c1-12-7-9-13(10-8-12)14-4-2-5-15-17-16(20-18(14)15)6-3-11-19-17/h2-11H,1H3/i1D3. The first-order valence-electron chi connectivity index (χ1n) is 7.91. The van der Waals surface area contributed by atoms with Gasteiger partial charge in [0.25, 0.3) is 0 Å². The Kier molecular flexibility index (Phi) is 1.79. The zero-order chi connectivity index (χ0) is 16.0. The molecule has 0 amide bonds. The summed E-state index contributed by atoms with van der Waals surface area (Å²) < 4.78 is 28.3. The van der Waals surface area contributed by atoms with E-state index in [4.69, 9.17) is 8.53 Å². The Morgan fingerprint density at radius 2 is 1.90 bits per heavy atom. The summed E-state index contributed by atoms with van der Waals surface area (Å²) in [6, 6.07) is 16.6. The van der Waals surface area contributed by atoms with Gasteiger partial charge in [0, 0.05) is 21.3 Å². The van der Waals surface area contributed by atoms with Gasteiger partial charge in [-0.05, 0) is 30.6 Å². The summed E-state index contributed by atoms with van der Waals surface area (Å²) in [6.07, 6.45) is 1.75. The second kappa shape index (κ2) is 4.20. The van der Waals surface area contributed by atoms with Crippen LogP contribution in [0.3, 0.4) is 0 Å². The lowest BCUT2D eigenvalue weighted by atomic mass is 10.0. The summed E-state index contributed by atoms with van der Waals surface area (Å²) in [5, 5.41) is 0.956. The number of hydrogen-bond donors (Lipinski definition) is 0. The second-order valence-electron chi connectivity index (χ2n) is 4.71. The highest BCUT2D eigenvalue weighted by Gasteiger charge is 2.12. The predicted octanol–water partition coefficient (Wildman–Crippen LogP) is 4.96. The number of pyridine rings is 1. The van der Waals surface area contributed by atoms with Crippen molar-refractivity contribution in [2.75, 3.05) is 0 Å². The van der Waals surface area contributed by atoms with E-state index in [2.05, 4.69) is 4.98 Å². The molecule has 0 saturated heterocycles. The highest BCUT2D eigenvalue weighted by atomic mass is 16.3. The average molecular weight is 262 g/mol. The third kappa shape index (κ3) is 1.62. The lowest BCUT2D eigenvalue weighted by Crippen LogP contribution is -1.79. The summed E-state index contributed by atoms with van der Waals surface area (Å²) in [6.45, 7) is -2.09. The van der Waals surface area contributed by atoms with Crippen molar-refractivity contribution in [3.05, 3.63) is 66.4 Å². The highest BCUT2D eigenvalue weighted by Crippen LogP contribution is 2.34. The summed E-state index contributed by atoms with van der Waals surface area (Å²) in [4.78, 5) is 4.38. The maximum absolute atomic E-state index is 7.46. The molecule has 0 N–H and O–H groups in total. The number of furan rings is 1. The summed E-state index contributed by atoms with van der Waals surface area (Å²) in [5.41, 5.74) is 4.53. The van der Waals surface area contributed by atoms with Gasteiger partial charge in [-0.2, -0.15) is 0 Å². The molecule has 2 nitrogen and oxygen atoms in total. The van der Waals surface area contributed by atoms with Crippen LogP contribution in [0.2, 0.25) is 0 Å². The fraction of sp³-hybridized carbons (Fsp3) is 0.0556. The molecule has 20 heavy (non-hydrogen) atoms. The van der Waals surface area contributed by atoms with Crippen LogP contribution in [0.5, 0.6) is 0 Å². The average Bonchev–Trinajstić information content (AvgIpc) is 2.93. The molecule has 2 aromatic carbocycles. The van der Waals surface area contributed by atoms with Gasteiger partial charge in [-0.1, -0.05) is 42.0 Å². The maximum atomic E-state index is 7.46. The third-order valence-corrected chi connectivity index (χ3v) is 3.45. The van der Waals surface area contributed by atoms with Gasteiger partial charge >= 0.3 is 0 Å². The van der Waals surface area contributed by atoms with Gasteiger partial charge < -0.3 is 4.42 Å². The molecule has 0 aliphatic rings. The molecule has 4 rings (SSSR count). The van der Waals surface area contributed by atoms with Crippen LogP contribution in [0.1, 0.15) is 9.68 Å². The lowest BCUT2D eigenvalue weighted by Gasteiger charge is -2.02. The van der Waals surface area contributed by atoms with Crippen molar-refractivity contribution in [3.8, 4) is 11.1 Å². The third-order valence-electron chi connectivity index (χ3n) is 3.45. The van der Waals surface area contributed by atoms with E-state index in [1.54, 1.807) is 18.3 Å². The van der Waals surface area contributed by atoms with Gasteiger partial charge in [0.05, 0.1) is 0 Å². The fourth-order valence-corrected chi connectivity index (χ4v) is 2.50. The van der Waals surface area contributed by atoms with Crippen LogP contribution in [-0.4, -0.2) is 4.98 Å². The van der Waals surface area contributed by atoms with Crippen molar-refractivity contribution in [2.24, 2.45) is 0 Å². The van der Waals surface area contributed by atoms with Gasteiger partial charge in [-0.3, -0.25) is 4.98 Å². The molecule has 4 aromatic rings. The van der Waals surface area contributed by atoms with E-state index in [1.807, 2.05) is 42.5 Å². The van der Waals surface area contributed by atoms with Gasteiger partial charge in [-0.25, -0.2) is 0 Å². The van der Waals surface area contributed by atoms with Crippen molar-refractivity contribution >= 4 is 22.1 Å². The number of aromatic nitrogens is 1. The molecule has 0 unspecified atom stereocenters. The molecule has 2 heteroatoms. The summed E-state index contributed by atoms with van der Waals surface area (Å²) >= 11 is 0. The van der Waals surface area contributed by atoms with Crippen LogP contribution < -0.4 is 0 Å². The van der Waals surface area contributed by atoms with Crippen molar-refractivity contribution in [3.63, 3.8) is 0 Å². The highest BCUT2D eigenvalue weighted by molar-refractivity contribution is 6.07. The monoisotopic (exact) mass is 262 g/mol. The van der Waals surface area contributed by atoms with Gasteiger partial charge in [0.2, 0.25) is 0 Å². The molecule has 0 bridgehead atoms. The Morgan fingerprint density at radius 1 is 1.00 bits per heavy atom. The Labute approximate surface area is 120 Å². The quantitative estimate of drug-likeness (QED) is 0.484. The first-order chi connectivity index (χ1) is 11.0. The maximum Gasteiger partial charge on any atom is 0.153 e. The number of aryl methyl sites for hydroxylation is 1. The van der Waals surface area contributed by atoms with Gasteiger partial charge in [0.15, 0.2) is 5.58 Å². The van der Waals surface area contributed by atoms with Crippen LogP contribution in [0.15, 0.2) is 65.2 Å². The van der Waals surface area contributed by atoms with Crippen molar-refractivity contribution in [2.45, 2.75) is 6.85 Å². The molecule has 0 aliphatic carbocycles. The summed E-state index contributed by atoms with van der Waals surface area (Å²) in [5.74, 6) is 0. The first kappa shape index (κ1) is 8.54. The molecule has 0 saturated carbocycles. The first-order valence-corrected chi connectivity index (χ1v) is 6.41. The molecule has 0 spiro atoms. The number of benzene rings is 2. The Morgan fingerprint density at radius 3 is 2.75 bits per heavy atom. The van der Waals surface area contributed by atoms with Crippen LogP contribution in [0.4, 0.5) is 0 Å². The fourth-order valence-electron chi connectivity index (χ4n) is 2.50. The molecular weight excluding hydrogens is 246 g/mol. The molecule has 0 radical (unpaired) electrons. The molecule has 0 fully saturated rings. The number of para-hydroxylation sites is 1. The molecule has 0 aliphatic heterocycles. The Balaban J connectivity index is 1.92. The van der Waals surface area contributed by atoms with E-state index in [-0.39, 0.29) is 0 Å². The SMILES string of the molecule is [2H]C([2H])([2H])c1ccc(-c2cccc3c2oc2cccnc23)cc1. The van der Waals surface area contributed by atoms with Gasteiger partial charge in [0.1, 0.15) is 11.1 Å². The smallest absolute Gasteiger partial charge is 0.153 e. The number of rotatable bonds is 1. The van der Waals surface area contributed by atoms with E-state index >= 15 is 0 Å². The molecule has 0 atom stereocenters. The largest absolute Gasteiger partial charge is 0.454 e. The van der Waals surface area contributed by atoms with E-state index < -0.39 is 6.85 Å². The molecule has 96 valence electrons. The molecule has 2 aromatic heterocycles. The van der Waals surface area contributed by atoms with Crippen LogP contribution in [0.25, 0.3) is 33.2 Å². The van der Waals surface area contributed by atoms with Crippen LogP contribution in [0, 0.1) is 6.85 Å². The Bertz CT molecular complexity index is 1000. The number of fused-ring (bicyclic) bond motifs is 3. The zero-order valence-electron chi connectivity index (χ0n) is 13.6. The van der Waals surface area contributed by atoms with Gasteiger partial charge in [-0.15, -0.1) is 0 Å². The summed E-state index contributed by atoms with van der Waals surface area (Å²) in [7, 11) is 0. The molecular formula is C18H13NO. The minimum Gasteiger partial charge on any atom is -0.454 e. The van der Waals surface area contributed by atoms with Crippen molar-refractivity contribution < 1.29 is 8.53 Å². The predicted molar refractivity (Wildman–Crippen MR) is 81.7 cm³/mol. The minimum absolute atomic E-state index is 0.333. The Hall–Kier alpha value is -2.61. The van der Waals surface area contributed by atoms with E-state index in [0.29, 0.717) is 5.56 Å². The minimum atomic E-state index is -2.09. The topological polar surface area (TPSA) is 26.0 Å². The second-order valence-corrected chi connectivity index (χ2v) is 4.71. The van der Waals surface area contributed by atoms with E-state index in [1.165, 1.54) is 0 Å². The van der Waals surface area contributed by atoms with Crippen molar-refractivity contribution in [1.82, 2.24) is 4.98 Å². The van der Waals surface area contributed by atoms with Crippen LogP contribution >= 0.6 is 0 Å². The van der Waals surface area contributed by atoms with E-state index in [0.717, 1.165) is 33.2 Å². The lowest BCUT2D eigenvalue weighted by molar-refractivity contribution is 0.669. The number of hydrogen-bond acceptors (Lipinski definition) is 2. The van der Waals surface area contributed by atoms with Crippen LogP contribution in [-0.2, 0) is 0 Å². The van der Waals surface area contributed by atoms with Crippen molar-refractivity contribution in [1.29, 1.82) is 0 Å². The van der Waals surface area contributed by atoms with E-state index in [9.17, 15) is 0 Å².